The van der Waals surface area contributed by atoms with Crippen molar-refractivity contribution in [1.82, 2.24) is 4.98 Å². The van der Waals surface area contributed by atoms with Crippen molar-refractivity contribution in [1.29, 1.82) is 0 Å². The summed E-state index contributed by atoms with van der Waals surface area (Å²) in [7, 11) is 0. The van der Waals surface area contributed by atoms with Crippen molar-refractivity contribution in [2.24, 2.45) is 17.6 Å². The van der Waals surface area contributed by atoms with Crippen molar-refractivity contribution in [3.63, 3.8) is 0 Å². The van der Waals surface area contributed by atoms with Crippen LogP contribution in [-0.4, -0.2) is 30.6 Å². The smallest absolute Gasteiger partial charge is 0.250 e. The molecule has 0 spiro atoms. The molecule has 116 valence electrons. The second-order valence-electron chi connectivity index (χ2n) is 5.87. The average molecular weight is 299 g/mol. The molecule has 2 heterocycles. The highest BCUT2D eigenvalue weighted by molar-refractivity contribution is 5.94. The van der Waals surface area contributed by atoms with Crippen LogP contribution in [0.1, 0.15) is 17.3 Å². The summed E-state index contributed by atoms with van der Waals surface area (Å²) in [5.74, 6) is 0.675. The quantitative estimate of drug-likeness (QED) is 0.793. The predicted octanol–water partition coefficient (Wildman–Crippen LogP) is 2.48. The van der Waals surface area contributed by atoms with Crippen LogP contribution in [0, 0.1) is 11.8 Å². The van der Waals surface area contributed by atoms with Gasteiger partial charge in [-0.1, -0.05) is 25.1 Å². The first-order valence-electron chi connectivity index (χ1n) is 7.54. The molecule has 4 N–H and O–H groups in total. The maximum Gasteiger partial charge on any atom is 0.250 e. The predicted molar refractivity (Wildman–Crippen MR) is 86.7 cm³/mol. The molecular formula is C17H21N3O2. The lowest BCUT2D eigenvalue weighted by Crippen LogP contribution is -2.19. The van der Waals surface area contributed by atoms with E-state index in [-0.39, 0.29) is 0 Å². The highest BCUT2D eigenvalue weighted by Crippen LogP contribution is 2.28. The van der Waals surface area contributed by atoms with Gasteiger partial charge in [-0.05, 0) is 18.1 Å². The van der Waals surface area contributed by atoms with Crippen LogP contribution in [0.5, 0.6) is 0 Å². The van der Waals surface area contributed by atoms with Gasteiger partial charge in [0, 0.05) is 42.2 Å². The first-order chi connectivity index (χ1) is 10.6. The van der Waals surface area contributed by atoms with Gasteiger partial charge in [0.2, 0.25) is 5.91 Å². The number of rotatable bonds is 5. The third-order valence-corrected chi connectivity index (χ3v) is 4.26. The summed E-state index contributed by atoms with van der Waals surface area (Å²) in [6.07, 6.45) is 1.64. The second-order valence-corrected chi connectivity index (χ2v) is 5.87. The van der Waals surface area contributed by atoms with Crippen LogP contribution in [0.3, 0.4) is 0 Å². The molecule has 1 aromatic heterocycles. The Balaban J connectivity index is 1.78. The lowest BCUT2D eigenvalue weighted by atomic mass is 9.98. The molecule has 1 aliphatic heterocycles. The van der Waals surface area contributed by atoms with Crippen LogP contribution < -0.4 is 11.1 Å². The number of carbonyl (C=O) groups is 1. The average Bonchev–Trinajstić information content (AvgIpc) is 3.14. The van der Waals surface area contributed by atoms with Crippen LogP contribution in [0.15, 0.2) is 36.5 Å². The number of nitrogens with one attached hydrogen (secondary N) is 2. The molecule has 22 heavy (non-hydrogen) atoms. The fourth-order valence-electron chi connectivity index (χ4n) is 2.77. The topological polar surface area (TPSA) is 80.1 Å². The van der Waals surface area contributed by atoms with E-state index in [0.717, 1.165) is 36.7 Å². The van der Waals surface area contributed by atoms with E-state index in [1.807, 2.05) is 24.3 Å². The molecule has 1 fully saturated rings. The van der Waals surface area contributed by atoms with Gasteiger partial charge >= 0.3 is 0 Å². The molecule has 0 radical (unpaired) electrons. The molecule has 1 amide bonds. The Morgan fingerprint density at radius 2 is 2.23 bits per heavy atom. The number of para-hydroxylation sites is 1. The Kier molecular flexibility index (Phi) is 4.15. The summed E-state index contributed by atoms with van der Waals surface area (Å²) in [6, 6.07) is 9.82. The summed E-state index contributed by atoms with van der Waals surface area (Å²) in [5, 5.41) is 3.51. The van der Waals surface area contributed by atoms with Gasteiger partial charge in [-0.2, -0.15) is 0 Å². The van der Waals surface area contributed by atoms with E-state index in [9.17, 15) is 4.79 Å². The SMILES string of the molecule is CC1COCC1CNc1ccccc1-c1cc(C(N)=O)c[nH]1. The molecule has 0 saturated carbocycles. The van der Waals surface area contributed by atoms with E-state index in [2.05, 4.69) is 17.2 Å². The molecule has 1 aromatic carbocycles. The van der Waals surface area contributed by atoms with Crippen molar-refractivity contribution in [3.8, 4) is 11.3 Å². The highest BCUT2D eigenvalue weighted by Gasteiger charge is 2.24. The van der Waals surface area contributed by atoms with Gasteiger partial charge in [-0.3, -0.25) is 4.79 Å². The largest absolute Gasteiger partial charge is 0.384 e. The van der Waals surface area contributed by atoms with E-state index in [0.29, 0.717) is 17.4 Å². The number of nitrogens with two attached hydrogens (primary N) is 1. The van der Waals surface area contributed by atoms with Gasteiger partial charge in [0.15, 0.2) is 0 Å². The lowest BCUT2D eigenvalue weighted by Gasteiger charge is -2.17. The fraction of sp³-hybridized carbons (Fsp3) is 0.353. The standard InChI is InChI=1S/C17H21N3O2/c1-11-9-22-10-13(11)8-19-15-5-3-2-4-14(15)16-6-12(7-20-16)17(18)21/h2-7,11,13,19-20H,8-10H2,1H3,(H2,18,21). The number of amides is 1. The molecule has 2 atom stereocenters. The van der Waals surface area contributed by atoms with E-state index >= 15 is 0 Å². The Morgan fingerprint density at radius 3 is 2.91 bits per heavy atom. The number of aromatic nitrogens is 1. The van der Waals surface area contributed by atoms with Crippen LogP contribution in [-0.2, 0) is 4.74 Å². The Labute approximate surface area is 129 Å². The maximum absolute atomic E-state index is 11.2. The van der Waals surface area contributed by atoms with Crippen LogP contribution in [0.4, 0.5) is 5.69 Å². The Morgan fingerprint density at radius 1 is 1.41 bits per heavy atom. The minimum Gasteiger partial charge on any atom is -0.384 e. The zero-order valence-corrected chi connectivity index (χ0v) is 12.6. The second kappa shape index (κ2) is 6.23. The summed E-state index contributed by atoms with van der Waals surface area (Å²) in [4.78, 5) is 14.4. The number of carbonyl (C=O) groups excluding carboxylic acids is 1. The molecule has 5 nitrogen and oxygen atoms in total. The highest BCUT2D eigenvalue weighted by atomic mass is 16.5. The summed E-state index contributed by atoms with van der Waals surface area (Å²) < 4.78 is 5.50. The monoisotopic (exact) mass is 299 g/mol. The lowest BCUT2D eigenvalue weighted by molar-refractivity contribution is 0.100. The number of aromatic amines is 1. The number of hydrogen-bond donors (Lipinski definition) is 3. The van der Waals surface area contributed by atoms with E-state index in [1.54, 1.807) is 12.3 Å². The summed E-state index contributed by atoms with van der Waals surface area (Å²) >= 11 is 0. The molecular weight excluding hydrogens is 278 g/mol. The Bertz CT molecular complexity index is 665. The number of primary amides is 1. The van der Waals surface area contributed by atoms with Crippen LogP contribution in [0.2, 0.25) is 0 Å². The molecule has 5 heteroatoms. The van der Waals surface area contributed by atoms with Crippen LogP contribution >= 0.6 is 0 Å². The van der Waals surface area contributed by atoms with Crippen molar-refractivity contribution >= 4 is 11.6 Å². The molecule has 0 aliphatic carbocycles. The fourth-order valence-corrected chi connectivity index (χ4v) is 2.77. The Hall–Kier alpha value is -2.27. The van der Waals surface area contributed by atoms with E-state index < -0.39 is 5.91 Å². The minimum atomic E-state index is -0.426. The first kappa shape index (κ1) is 14.7. The zero-order chi connectivity index (χ0) is 15.5. The summed E-state index contributed by atoms with van der Waals surface area (Å²) in [5.41, 5.74) is 8.75. The normalized spacial score (nSPS) is 21.0. The van der Waals surface area contributed by atoms with Crippen molar-refractivity contribution in [2.45, 2.75) is 6.92 Å². The van der Waals surface area contributed by atoms with E-state index in [4.69, 9.17) is 10.5 Å². The molecule has 1 saturated heterocycles. The zero-order valence-electron chi connectivity index (χ0n) is 12.6. The third-order valence-electron chi connectivity index (χ3n) is 4.26. The maximum atomic E-state index is 11.2. The number of H-pyrrole nitrogens is 1. The minimum absolute atomic E-state index is 0.426. The molecule has 2 unspecified atom stereocenters. The van der Waals surface area contributed by atoms with Crippen LogP contribution in [0.25, 0.3) is 11.3 Å². The van der Waals surface area contributed by atoms with Gasteiger partial charge in [0.05, 0.1) is 12.2 Å². The van der Waals surface area contributed by atoms with Gasteiger partial charge in [-0.15, -0.1) is 0 Å². The van der Waals surface area contributed by atoms with Gasteiger partial charge in [-0.25, -0.2) is 0 Å². The molecule has 2 aromatic rings. The number of ether oxygens (including phenoxy) is 1. The molecule has 0 bridgehead atoms. The number of hydrogen-bond acceptors (Lipinski definition) is 3. The summed E-state index contributed by atoms with van der Waals surface area (Å²) in [6.45, 7) is 4.74. The van der Waals surface area contributed by atoms with Gasteiger partial charge < -0.3 is 20.8 Å². The van der Waals surface area contributed by atoms with E-state index in [1.165, 1.54) is 0 Å². The molecule has 3 rings (SSSR count). The third kappa shape index (κ3) is 2.99. The van der Waals surface area contributed by atoms with Gasteiger partial charge in [0.1, 0.15) is 0 Å². The van der Waals surface area contributed by atoms with Crippen molar-refractivity contribution in [3.05, 3.63) is 42.1 Å². The first-order valence-corrected chi connectivity index (χ1v) is 7.54. The number of anilines is 1. The van der Waals surface area contributed by atoms with Crippen molar-refractivity contribution < 1.29 is 9.53 Å². The van der Waals surface area contributed by atoms with Gasteiger partial charge in [0.25, 0.3) is 0 Å². The van der Waals surface area contributed by atoms with Crippen molar-refractivity contribution in [2.75, 3.05) is 25.1 Å². The number of benzene rings is 1. The molecule has 1 aliphatic rings.